The second kappa shape index (κ2) is 4.67. The predicted octanol–water partition coefficient (Wildman–Crippen LogP) is 2.47. The SMILES string of the molecule is COc1ccc2c(c1)CC(O)(c1cccnc1)CC2. The smallest absolute Gasteiger partial charge is 0.119 e. The van der Waals surface area contributed by atoms with Gasteiger partial charge in [0.15, 0.2) is 0 Å². The van der Waals surface area contributed by atoms with E-state index in [0.717, 1.165) is 29.7 Å². The monoisotopic (exact) mass is 255 g/mol. The summed E-state index contributed by atoms with van der Waals surface area (Å²) in [5, 5.41) is 10.9. The molecule has 98 valence electrons. The Morgan fingerprint density at radius 3 is 2.89 bits per heavy atom. The molecular weight excluding hydrogens is 238 g/mol. The summed E-state index contributed by atoms with van der Waals surface area (Å²) < 4.78 is 5.26. The molecule has 1 aliphatic carbocycles. The zero-order chi connectivity index (χ0) is 13.3. The van der Waals surface area contributed by atoms with Crippen molar-refractivity contribution in [1.29, 1.82) is 0 Å². The van der Waals surface area contributed by atoms with Crippen molar-refractivity contribution in [2.75, 3.05) is 7.11 Å². The third-order valence-corrected chi connectivity index (χ3v) is 3.90. The Labute approximate surface area is 112 Å². The third kappa shape index (κ3) is 2.22. The van der Waals surface area contributed by atoms with E-state index in [1.807, 2.05) is 24.3 Å². The molecule has 3 heteroatoms. The quantitative estimate of drug-likeness (QED) is 0.896. The summed E-state index contributed by atoms with van der Waals surface area (Å²) in [6, 6.07) is 9.91. The molecule has 1 aromatic carbocycles. The van der Waals surface area contributed by atoms with Crippen LogP contribution in [0.3, 0.4) is 0 Å². The normalized spacial score (nSPS) is 21.8. The molecule has 0 spiro atoms. The molecule has 0 saturated heterocycles. The number of ether oxygens (including phenoxy) is 1. The highest BCUT2D eigenvalue weighted by atomic mass is 16.5. The summed E-state index contributed by atoms with van der Waals surface area (Å²) in [6.45, 7) is 0. The maximum absolute atomic E-state index is 10.9. The standard InChI is InChI=1S/C16H17NO2/c1-19-15-5-4-12-6-7-16(18,10-13(12)9-15)14-3-2-8-17-11-14/h2-5,8-9,11,18H,6-7,10H2,1H3. The molecular formula is C16H17NO2. The summed E-state index contributed by atoms with van der Waals surface area (Å²) in [4.78, 5) is 4.11. The minimum Gasteiger partial charge on any atom is -0.497 e. The predicted molar refractivity (Wildman–Crippen MR) is 73.2 cm³/mol. The van der Waals surface area contributed by atoms with Gasteiger partial charge in [0.2, 0.25) is 0 Å². The first kappa shape index (κ1) is 12.2. The number of aryl methyl sites for hydroxylation is 1. The van der Waals surface area contributed by atoms with Crippen LogP contribution < -0.4 is 4.74 Å². The van der Waals surface area contributed by atoms with Crippen LogP contribution in [-0.4, -0.2) is 17.2 Å². The molecule has 1 heterocycles. The van der Waals surface area contributed by atoms with Gasteiger partial charge in [-0.15, -0.1) is 0 Å². The van der Waals surface area contributed by atoms with E-state index in [9.17, 15) is 5.11 Å². The average molecular weight is 255 g/mol. The summed E-state index contributed by atoms with van der Waals surface area (Å²) in [6.07, 6.45) is 5.71. The van der Waals surface area contributed by atoms with E-state index in [-0.39, 0.29) is 0 Å². The molecule has 3 nitrogen and oxygen atoms in total. The molecule has 3 rings (SSSR count). The number of fused-ring (bicyclic) bond motifs is 1. The van der Waals surface area contributed by atoms with Crippen LogP contribution in [-0.2, 0) is 18.4 Å². The van der Waals surface area contributed by atoms with E-state index >= 15 is 0 Å². The lowest BCUT2D eigenvalue weighted by Crippen LogP contribution is -2.33. The molecule has 1 aromatic heterocycles. The Kier molecular flexibility index (Phi) is 2.99. The van der Waals surface area contributed by atoms with Crippen LogP contribution in [0.15, 0.2) is 42.7 Å². The Hall–Kier alpha value is -1.87. The van der Waals surface area contributed by atoms with Crippen molar-refractivity contribution in [2.45, 2.75) is 24.9 Å². The van der Waals surface area contributed by atoms with E-state index in [1.165, 1.54) is 5.56 Å². The van der Waals surface area contributed by atoms with Gasteiger partial charge < -0.3 is 9.84 Å². The number of rotatable bonds is 2. The van der Waals surface area contributed by atoms with Crippen LogP contribution in [0.25, 0.3) is 0 Å². The molecule has 0 fully saturated rings. The van der Waals surface area contributed by atoms with Crippen molar-refractivity contribution in [3.63, 3.8) is 0 Å². The average Bonchev–Trinajstić information content (AvgIpc) is 2.47. The summed E-state index contributed by atoms with van der Waals surface area (Å²) in [7, 11) is 1.66. The number of aromatic nitrogens is 1. The topological polar surface area (TPSA) is 42.4 Å². The van der Waals surface area contributed by atoms with Crippen molar-refractivity contribution < 1.29 is 9.84 Å². The van der Waals surface area contributed by atoms with Crippen molar-refractivity contribution in [1.82, 2.24) is 4.98 Å². The third-order valence-electron chi connectivity index (χ3n) is 3.90. The Balaban J connectivity index is 1.96. The fourth-order valence-corrected chi connectivity index (χ4v) is 2.77. The Bertz CT molecular complexity index is 583. The molecule has 0 aliphatic heterocycles. The number of methoxy groups -OCH3 is 1. The lowest BCUT2D eigenvalue weighted by Gasteiger charge is -2.33. The molecule has 1 N–H and O–H groups in total. The van der Waals surface area contributed by atoms with Crippen molar-refractivity contribution in [3.05, 3.63) is 59.4 Å². The van der Waals surface area contributed by atoms with Crippen LogP contribution >= 0.6 is 0 Å². The van der Waals surface area contributed by atoms with E-state index in [1.54, 1.807) is 19.5 Å². The number of benzene rings is 1. The zero-order valence-electron chi connectivity index (χ0n) is 11.0. The van der Waals surface area contributed by atoms with Crippen LogP contribution in [0.1, 0.15) is 23.1 Å². The van der Waals surface area contributed by atoms with Crippen molar-refractivity contribution in [2.24, 2.45) is 0 Å². The van der Waals surface area contributed by atoms with E-state index in [0.29, 0.717) is 6.42 Å². The first-order chi connectivity index (χ1) is 9.21. The highest BCUT2D eigenvalue weighted by molar-refractivity contribution is 5.40. The van der Waals surface area contributed by atoms with Crippen molar-refractivity contribution >= 4 is 0 Å². The van der Waals surface area contributed by atoms with Crippen molar-refractivity contribution in [3.8, 4) is 5.75 Å². The van der Waals surface area contributed by atoms with E-state index in [2.05, 4.69) is 11.1 Å². The van der Waals surface area contributed by atoms with Gasteiger partial charge in [0, 0.05) is 24.4 Å². The first-order valence-electron chi connectivity index (χ1n) is 6.50. The number of pyridine rings is 1. The molecule has 1 aliphatic rings. The number of nitrogens with zero attached hydrogens (tertiary/aromatic N) is 1. The van der Waals surface area contributed by atoms with Gasteiger partial charge in [0.1, 0.15) is 5.75 Å². The van der Waals surface area contributed by atoms with E-state index in [4.69, 9.17) is 4.74 Å². The van der Waals surface area contributed by atoms with Crippen LogP contribution in [0, 0.1) is 0 Å². The molecule has 0 radical (unpaired) electrons. The molecule has 1 unspecified atom stereocenters. The minimum atomic E-state index is -0.812. The highest BCUT2D eigenvalue weighted by Gasteiger charge is 2.34. The lowest BCUT2D eigenvalue weighted by molar-refractivity contribution is 0.0219. The second-order valence-electron chi connectivity index (χ2n) is 5.08. The van der Waals surface area contributed by atoms with Crippen LogP contribution in [0.4, 0.5) is 0 Å². The summed E-state index contributed by atoms with van der Waals surface area (Å²) >= 11 is 0. The fourth-order valence-electron chi connectivity index (χ4n) is 2.77. The lowest BCUT2D eigenvalue weighted by atomic mass is 9.77. The number of hydrogen-bond donors (Lipinski definition) is 1. The molecule has 0 saturated carbocycles. The largest absolute Gasteiger partial charge is 0.497 e. The molecule has 19 heavy (non-hydrogen) atoms. The van der Waals surface area contributed by atoms with Gasteiger partial charge >= 0.3 is 0 Å². The second-order valence-corrected chi connectivity index (χ2v) is 5.08. The van der Waals surface area contributed by atoms with E-state index < -0.39 is 5.60 Å². The summed E-state index contributed by atoms with van der Waals surface area (Å²) in [5.41, 5.74) is 2.54. The Morgan fingerprint density at radius 2 is 2.16 bits per heavy atom. The first-order valence-corrected chi connectivity index (χ1v) is 6.50. The van der Waals surface area contributed by atoms with Gasteiger partial charge in [-0.3, -0.25) is 4.98 Å². The Morgan fingerprint density at radius 1 is 1.26 bits per heavy atom. The maximum Gasteiger partial charge on any atom is 0.119 e. The molecule has 0 amide bonds. The minimum absolute atomic E-state index is 0.616. The van der Waals surface area contributed by atoms with Gasteiger partial charge in [-0.05, 0) is 42.2 Å². The van der Waals surface area contributed by atoms with Gasteiger partial charge in [-0.2, -0.15) is 0 Å². The fraction of sp³-hybridized carbons (Fsp3) is 0.312. The molecule has 2 aromatic rings. The van der Waals surface area contributed by atoms with Gasteiger partial charge in [0.25, 0.3) is 0 Å². The van der Waals surface area contributed by atoms with Gasteiger partial charge in [0.05, 0.1) is 12.7 Å². The van der Waals surface area contributed by atoms with Crippen LogP contribution in [0.5, 0.6) is 5.75 Å². The molecule has 0 bridgehead atoms. The number of aliphatic hydroxyl groups is 1. The number of hydrogen-bond acceptors (Lipinski definition) is 3. The summed E-state index contributed by atoms with van der Waals surface area (Å²) in [5.74, 6) is 0.842. The zero-order valence-corrected chi connectivity index (χ0v) is 11.0. The van der Waals surface area contributed by atoms with Crippen LogP contribution in [0.2, 0.25) is 0 Å². The van der Waals surface area contributed by atoms with Gasteiger partial charge in [-0.25, -0.2) is 0 Å². The van der Waals surface area contributed by atoms with Gasteiger partial charge in [-0.1, -0.05) is 12.1 Å². The maximum atomic E-state index is 10.9. The molecule has 1 atom stereocenters. The highest BCUT2D eigenvalue weighted by Crippen LogP contribution is 2.37.